The van der Waals surface area contributed by atoms with Crippen LogP contribution in [-0.4, -0.2) is 73.2 Å². The van der Waals surface area contributed by atoms with E-state index in [2.05, 4.69) is 0 Å². The van der Waals surface area contributed by atoms with Gasteiger partial charge in [-0.15, -0.1) is 0 Å². The van der Waals surface area contributed by atoms with Gasteiger partial charge in [0.05, 0.1) is 19.8 Å². The molecule has 0 aromatic heterocycles. The van der Waals surface area contributed by atoms with Crippen molar-refractivity contribution in [2.45, 2.75) is 13.0 Å². The minimum atomic E-state index is -0.846. The van der Waals surface area contributed by atoms with Crippen LogP contribution in [0.25, 0.3) is 0 Å². The molecule has 1 fully saturated rings. The zero-order valence-corrected chi connectivity index (χ0v) is 13.6. The van der Waals surface area contributed by atoms with E-state index in [1.165, 1.54) is 7.11 Å². The molecule has 0 spiro atoms. The minimum absolute atomic E-state index is 0.118. The number of piperazine rings is 1. The van der Waals surface area contributed by atoms with E-state index in [-0.39, 0.29) is 5.91 Å². The zero-order valence-electron chi connectivity index (χ0n) is 13.6. The second-order valence-electron chi connectivity index (χ2n) is 5.41. The maximum Gasteiger partial charge on any atom is 0.320 e. The van der Waals surface area contributed by atoms with Crippen LogP contribution in [-0.2, 0) is 4.79 Å². The van der Waals surface area contributed by atoms with Crippen molar-refractivity contribution in [3.8, 4) is 11.5 Å². The number of ether oxygens (including phenoxy) is 2. The van der Waals surface area contributed by atoms with Crippen molar-refractivity contribution in [2.75, 3.05) is 40.4 Å². The summed E-state index contributed by atoms with van der Waals surface area (Å²) >= 11 is 0. The molecule has 0 unspecified atom stereocenters. The van der Waals surface area contributed by atoms with Gasteiger partial charge in [-0.2, -0.15) is 0 Å². The number of carbonyl (C=O) groups is 2. The average molecular weight is 322 g/mol. The first-order valence-electron chi connectivity index (χ1n) is 7.46. The number of amides is 1. The lowest BCUT2D eigenvalue weighted by atomic mass is 10.1. The van der Waals surface area contributed by atoms with E-state index in [9.17, 15) is 9.59 Å². The standard InChI is InChI=1S/C16H22N2O5/c1-11(16(20)21)17-6-8-18(9-7-17)15(19)13-5-4-12(22-2)10-14(13)23-3/h4-5,10-11H,6-9H2,1-3H3,(H,20,21)/t11-/m1/s1. The van der Waals surface area contributed by atoms with Crippen LogP contribution < -0.4 is 9.47 Å². The van der Waals surface area contributed by atoms with Crippen LogP contribution in [0.3, 0.4) is 0 Å². The van der Waals surface area contributed by atoms with Gasteiger partial charge >= 0.3 is 5.97 Å². The van der Waals surface area contributed by atoms with Crippen LogP contribution >= 0.6 is 0 Å². The Labute approximate surface area is 135 Å². The molecular weight excluding hydrogens is 300 g/mol. The fourth-order valence-corrected chi connectivity index (χ4v) is 2.61. The number of rotatable bonds is 5. The third-order valence-electron chi connectivity index (χ3n) is 4.15. The number of nitrogens with zero attached hydrogens (tertiary/aromatic N) is 2. The number of carbonyl (C=O) groups excluding carboxylic acids is 1. The normalized spacial score (nSPS) is 16.7. The van der Waals surface area contributed by atoms with E-state index in [4.69, 9.17) is 14.6 Å². The van der Waals surface area contributed by atoms with Crippen molar-refractivity contribution in [3.63, 3.8) is 0 Å². The number of aliphatic carboxylic acids is 1. The lowest BCUT2D eigenvalue weighted by Gasteiger charge is -2.36. The Morgan fingerprint density at radius 1 is 1.13 bits per heavy atom. The van der Waals surface area contributed by atoms with E-state index in [1.54, 1.807) is 37.1 Å². The second-order valence-corrected chi connectivity index (χ2v) is 5.41. The van der Waals surface area contributed by atoms with E-state index in [0.29, 0.717) is 43.2 Å². The molecule has 1 heterocycles. The molecule has 1 atom stereocenters. The highest BCUT2D eigenvalue weighted by molar-refractivity contribution is 5.97. The Balaban J connectivity index is 2.07. The Morgan fingerprint density at radius 3 is 2.30 bits per heavy atom. The van der Waals surface area contributed by atoms with Gasteiger partial charge in [0.15, 0.2) is 0 Å². The van der Waals surface area contributed by atoms with E-state index in [1.807, 2.05) is 4.90 Å². The van der Waals surface area contributed by atoms with Crippen LogP contribution in [0.2, 0.25) is 0 Å². The number of hydrogen-bond donors (Lipinski definition) is 1. The first kappa shape index (κ1) is 17.1. The summed E-state index contributed by atoms with van der Waals surface area (Å²) in [6.07, 6.45) is 0. The van der Waals surface area contributed by atoms with Crippen molar-refractivity contribution >= 4 is 11.9 Å². The summed E-state index contributed by atoms with van der Waals surface area (Å²) in [4.78, 5) is 27.3. The van der Waals surface area contributed by atoms with Gasteiger partial charge in [-0.05, 0) is 19.1 Å². The molecule has 1 amide bonds. The first-order chi connectivity index (χ1) is 11.0. The van der Waals surface area contributed by atoms with Crippen LogP contribution in [0.4, 0.5) is 0 Å². The summed E-state index contributed by atoms with van der Waals surface area (Å²) in [5.41, 5.74) is 0.480. The summed E-state index contributed by atoms with van der Waals surface area (Å²) in [6, 6.07) is 4.54. The van der Waals surface area contributed by atoms with Gasteiger partial charge in [0.25, 0.3) is 5.91 Å². The molecule has 1 N–H and O–H groups in total. The summed E-state index contributed by atoms with van der Waals surface area (Å²) in [7, 11) is 3.07. The van der Waals surface area contributed by atoms with Gasteiger partial charge in [0.1, 0.15) is 17.5 Å². The highest BCUT2D eigenvalue weighted by atomic mass is 16.5. The third-order valence-corrected chi connectivity index (χ3v) is 4.15. The Hall–Kier alpha value is -2.28. The Bertz CT molecular complexity index is 582. The second kappa shape index (κ2) is 7.32. The van der Waals surface area contributed by atoms with Crippen molar-refractivity contribution < 1.29 is 24.2 Å². The van der Waals surface area contributed by atoms with Crippen LogP contribution in [0.1, 0.15) is 17.3 Å². The minimum Gasteiger partial charge on any atom is -0.497 e. The summed E-state index contributed by atoms with van der Waals surface area (Å²) < 4.78 is 10.4. The van der Waals surface area contributed by atoms with Crippen molar-refractivity contribution in [1.29, 1.82) is 0 Å². The van der Waals surface area contributed by atoms with Gasteiger partial charge in [-0.3, -0.25) is 14.5 Å². The van der Waals surface area contributed by atoms with E-state index in [0.717, 1.165) is 0 Å². The quantitative estimate of drug-likeness (QED) is 0.869. The summed E-state index contributed by atoms with van der Waals surface area (Å²) in [5, 5.41) is 9.05. The molecule has 1 aromatic rings. The predicted octanol–water partition coefficient (Wildman–Crippen LogP) is 0.935. The Kier molecular flexibility index (Phi) is 5.44. The maximum absolute atomic E-state index is 12.7. The largest absolute Gasteiger partial charge is 0.497 e. The van der Waals surface area contributed by atoms with Crippen molar-refractivity contribution in [1.82, 2.24) is 9.80 Å². The van der Waals surface area contributed by atoms with Gasteiger partial charge < -0.3 is 19.5 Å². The zero-order chi connectivity index (χ0) is 17.0. The molecule has 126 valence electrons. The molecule has 0 bridgehead atoms. The van der Waals surface area contributed by atoms with Crippen molar-refractivity contribution in [2.24, 2.45) is 0 Å². The molecule has 0 saturated carbocycles. The fourth-order valence-electron chi connectivity index (χ4n) is 2.61. The molecule has 7 heteroatoms. The first-order valence-corrected chi connectivity index (χ1v) is 7.46. The number of hydrogen-bond acceptors (Lipinski definition) is 5. The molecule has 0 aliphatic carbocycles. The average Bonchev–Trinajstić information content (AvgIpc) is 2.59. The van der Waals surface area contributed by atoms with Crippen LogP contribution in [0, 0.1) is 0 Å². The van der Waals surface area contributed by atoms with Crippen LogP contribution in [0.15, 0.2) is 18.2 Å². The van der Waals surface area contributed by atoms with Crippen LogP contribution in [0.5, 0.6) is 11.5 Å². The number of benzene rings is 1. The number of carboxylic acid groups (broad SMARTS) is 1. The number of carboxylic acids is 1. The van der Waals surface area contributed by atoms with Gasteiger partial charge in [-0.1, -0.05) is 0 Å². The van der Waals surface area contributed by atoms with Gasteiger partial charge in [-0.25, -0.2) is 0 Å². The van der Waals surface area contributed by atoms with Gasteiger partial charge in [0, 0.05) is 32.2 Å². The topological polar surface area (TPSA) is 79.3 Å². The highest BCUT2D eigenvalue weighted by Gasteiger charge is 2.28. The lowest BCUT2D eigenvalue weighted by molar-refractivity contribution is -0.143. The molecule has 1 aliphatic rings. The molecule has 23 heavy (non-hydrogen) atoms. The lowest BCUT2D eigenvalue weighted by Crippen LogP contribution is -2.53. The van der Waals surface area contributed by atoms with E-state index >= 15 is 0 Å². The third kappa shape index (κ3) is 3.73. The SMILES string of the molecule is COc1ccc(C(=O)N2CCN([C@H](C)C(=O)O)CC2)c(OC)c1. The Morgan fingerprint density at radius 2 is 1.78 bits per heavy atom. The summed E-state index contributed by atoms with van der Waals surface area (Å²) in [6.45, 7) is 3.72. The predicted molar refractivity (Wildman–Crippen MR) is 84.1 cm³/mol. The highest BCUT2D eigenvalue weighted by Crippen LogP contribution is 2.26. The van der Waals surface area contributed by atoms with E-state index < -0.39 is 12.0 Å². The van der Waals surface area contributed by atoms with Gasteiger partial charge in [0.2, 0.25) is 0 Å². The molecule has 0 radical (unpaired) electrons. The molecular formula is C16H22N2O5. The maximum atomic E-state index is 12.7. The monoisotopic (exact) mass is 322 g/mol. The smallest absolute Gasteiger partial charge is 0.320 e. The molecule has 7 nitrogen and oxygen atoms in total. The van der Waals surface area contributed by atoms with Crippen molar-refractivity contribution in [3.05, 3.63) is 23.8 Å². The molecule has 2 rings (SSSR count). The molecule has 1 aliphatic heterocycles. The fraction of sp³-hybridized carbons (Fsp3) is 0.500. The number of methoxy groups -OCH3 is 2. The summed E-state index contributed by atoms with van der Waals surface area (Å²) in [5.74, 6) is 0.128. The molecule has 1 aromatic carbocycles. The molecule has 1 saturated heterocycles.